The Hall–Kier alpha value is -1.87. The van der Waals surface area contributed by atoms with Gasteiger partial charge >= 0.3 is 5.69 Å². The second-order valence-corrected chi connectivity index (χ2v) is 7.49. The third-order valence-electron chi connectivity index (χ3n) is 2.55. The van der Waals surface area contributed by atoms with Crippen LogP contribution in [0.15, 0.2) is 33.1 Å². The van der Waals surface area contributed by atoms with E-state index in [1.165, 1.54) is 6.26 Å². The van der Waals surface area contributed by atoms with Crippen molar-refractivity contribution in [2.75, 3.05) is 18.2 Å². The zero-order chi connectivity index (χ0) is 14.9. The number of rotatable bonds is 5. The number of sulfone groups is 1. The first-order valence-electron chi connectivity index (χ1n) is 5.51. The molecule has 0 saturated carbocycles. The zero-order valence-electron chi connectivity index (χ0n) is 10.8. The van der Waals surface area contributed by atoms with Crippen molar-refractivity contribution in [1.29, 1.82) is 0 Å². The number of anilines is 1. The second kappa shape index (κ2) is 5.25. The normalized spacial score (nSPS) is 11.5. The first-order chi connectivity index (χ1) is 9.29. The van der Waals surface area contributed by atoms with E-state index >= 15 is 0 Å². The Morgan fingerprint density at radius 3 is 2.70 bits per heavy atom. The smallest absolute Gasteiger partial charge is 0.305 e. The third kappa shape index (κ3) is 2.99. The summed E-state index contributed by atoms with van der Waals surface area (Å²) in [7, 11) is -1.82. The average Bonchev–Trinajstić information content (AvgIpc) is 2.95. The molecule has 0 aromatic carbocycles. The van der Waals surface area contributed by atoms with Crippen LogP contribution in [0.1, 0.15) is 5.76 Å². The van der Waals surface area contributed by atoms with E-state index in [1.54, 1.807) is 24.1 Å². The summed E-state index contributed by atoms with van der Waals surface area (Å²) in [5, 5.41) is 11.3. The summed E-state index contributed by atoms with van der Waals surface area (Å²) in [6.07, 6.45) is 2.53. The maximum absolute atomic E-state index is 11.5. The van der Waals surface area contributed by atoms with Crippen molar-refractivity contribution in [3.8, 4) is 0 Å². The highest BCUT2D eigenvalue weighted by Crippen LogP contribution is 2.39. The van der Waals surface area contributed by atoms with Gasteiger partial charge in [-0.2, -0.15) is 0 Å². The molecule has 0 spiro atoms. The molecule has 108 valence electrons. The fraction of sp³-hybridized carbons (Fsp3) is 0.273. The van der Waals surface area contributed by atoms with Crippen molar-refractivity contribution in [2.24, 2.45) is 0 Å². The lowest BCUT2D eigenvalue weighted by Gasteiger charge is -2.14. The number of thiophene rings is 1. The highest BCUT2D eigenvalue weighted by atomic mass is 32.2. The van der Waals surface area contributed by atoms with E-state index in [4.69, 9.17) is 4.42 Å². The van der Waals surface area contributed by atoms with Crippen LogP contribution in [-0.4, -0.2) is 26.6 Å². The van der Waals surface area contributed by atoms with Crippen molar-refractivity contribution >= 4 is 31.9 Å². The molecule has 0 fully saturated rings. The van der Waals surface area contributed by atoms with Gasteiger partial charge in [0, 0.05) is 19.4 Å². The fourth-order valence-electron chi connectivity index (χ4n) is 1.65. The van der Waals surface area contributed by atoms with Gasteiger partial charge in [-0.15, -0.1) is 0 Å². The molecule has 0 aliphatic carbocycles. The van der Waals surface area contributed by atoms with Gasteiger partial charge in [0.05, 0.1) is 17.7 Å². The summed E-state index contributed by atoms with van der Waals surface area (Å²) in [6.45, 7) is 0.317. The highest BCUT2D eigenvalue weighted by molar-refractivity contribution is 7.92. The first kappa shape index (κ1) is 14.5. The highest BCUT2D eigenvalue weighted by Gasteiger charge is 2.26. The molecule has 0 atom stereocenters. The Morgan fingerprint density at radius 2 is 2.20 bits per heavy atom. The fourth-order valence-corrected chi connectivity index (χ4v) is 3.63. The molecule has 2 heterocycles. The lowest BCUT2D eigenvalue weighted by molar-refractivity contribution is -0.383. The van der Waals surface area contributed by atoms with Crippen LogP contribution in [0.3, 0.4) is 0 Å². The van der Waals surface area contributed by atoms with Crippen molar-refractivity contribution < 1.29 is 17.8 Å². The Kier molecular flexibility index (Phi) is 3.82. The summed E-state index contributed by atoms with van der Waals surface area (Å²) in [5.41, 5.74) is -0.218. The lowest BCUT2D eigenvalue weighted by Crippen LogP contribution is -2.15. The monoisotopic (exact) mass is 316 g/mol. The summed E-state index contributed by atoms with van der Waals surface area (Å²) in [5.74, 6) is 0.635. The van der Waals surface area contributed by atoms with Gasteiger partial charge in [-0.3, -0.25) is 10.1 Å². The summed E-state index contributed by atoms with van der Waals surface area (Å²) < 4.78 is 28.2. The van der Waals surface area contributed by atoms with E-state index in [1.807, 2.05) is 0 Å². The van der Waals surface area contributed by atoms with Gasteiger partial charge in [-0.1, -0.05) is 11.3 Å². The van der Waals surface area contributed by atoms with Gasteiger partial charge in [-0.25, -0.2) is 8.42 Å². The Labute approximate surface area is 119 Å². The number of hydrogen-bond acceptors (Lipinski definition) is 7. The van der Waals surface area contributed by atoms with Crippen LogP contribution >= 0.6 is 11.3 Å². The maximum Gasteiger partial charge on any atom is 0.305 e. The molecule has 2 rings (SSSR count). The minimum absolute atomic E-state index is 0.0227. The third-order valence-corrected chi connectivity index (χ3v) is 5.59. The van der Waals surface area contributed by atoms with Crippen molar-refractivity contribution in [3.63, 3.8) is 0 Å². The molecule has 0 radical (unpaired) electrons. The minimum Gasteiger partial charge on any atom is -0.467 e. The van der Waals surface area contributed by atoms with Crippen LogP contribution in [0.25, 0.3) is 0 Å². The van der Waals surface area contributed by atoms with E-state index in [0.717, 1.165) is 23.7 Å². The molecule has 0 amide bonds. The van der Waals surface area contributed by atoms with Gasteiger partial charge in [0.1, 0.15) is 9.97 Å². The molecule has 0 saturated heterocycles. The van der Waals surface area contributed by atoms with Gasteiger partial charge in [-0.05, 0) is 12.1 Å². The van der Waals surface area contributed by atoms with Gasteiger partial charge in [0.25, 0.3) is 0 Å². The van der Waals surface area contributed by atoms with Crippen LogP contribution in [-0.2, 0) is 16.4 Å². The predicted octanol–water partition coefficient (Wildman–Crippen LogP) is 2.29. The largest absolute Gasteiger partial charge is 0.467 e. The van der Waals surface area contributed by atoms with Crippen LogP contribution in [0.5, 0.6) is 0 Å². The molecule has 7 nitrogen and oxygen atoms in total. The molecular formula is C11H12N2O5S2. The van der Waals surface area contributed by atoms with E-state index < -0.39 is 14.8 Å². The summed E-state index contributed by atoms with van der Waals surface area (Å²) >= 11 is 0.879. The van der Waals surface area contributed by atoms with E-state index in [2.05, 4.69) is 0 Å². The molecule has 9 heteroatoms. The van der Waals surface area contributed by atoms with Gasteiger partial charge in [0.15, 0.2) is 14.8 Å². The number of nitro groups is 1. The maximum atomic E-state index is 11.5. The SMILES string of the molecule is CN(Cc1ccco1)c1sc(S(C)(=O)=O)cc1[N+](=O)[O-]. The Balaban J connectivity index is 2.39. The molecule has 20 heavy (non-hydrogen) atoms. The van der Waals surface area contributed by atoms with Gasteiger partial charge in [0.2, 0.25) is 0 Å². The molecule has 0 N–H and O–H groups in total. The van der Waals surface area contributed by atoms with E-state index in [-0.39, 0.29) is 14.9 Å². The van der Waals surface area contributed by atoms with Crippen LogP contribution in [0, 0.1) is 10.1 Å². The standard InChI is InChI=1S/C11H12N2O5S2/c1-12(7-8-4-3-5-18-8)11-9(13(14)15)6-10(19-11)20(2,16)17/h3-6H,7H2,1-2H3. The quantitative estimate of drug-likeness (QED) is 0.620. The van der Waals surface area contributed by atoms with Crippen LogP contribution < -0.4 is 4.90 Å². The van der Waals surface area contributed by atoms with E-state index in [0.29, 0.717) is 12.3 Å². The average molecular weight is 316 g/mol. The summed E-state index contributed by atoms with van der Waals surface area (Å²) in [4.78, 5) is 12.0. The number of hydrogen-bond donors (Lipinski definition) is 0. The molecule has 2 aromatic heterocycles. The van der Waals surface area contributed by atoms with Crippen LogP contribution in [0.4, 0.5) is 10.7 Å². The molecule has 0 aliphatic heterocycles. The molecule has 2 aromatic rings. The molecule has 0 aliphatic rings. The van der Waals surface area contributed by atoms with Crippen molar-refractivity contribution in [1.82, 2.24) is 0 Å². The Bertz CT molecular complexity index is 718. The molecule has 0 unspecified atom stereocenters. The zero-order valence-corrected chi connectivity index (χ0v) is 12.4. The topological polar surface area (TPSA) is 93.7 Å². The Morgan fingerprint density at radius 1 is 1.50 bits per heavy atom. The predicted molar refractivity (Wildman–Crippen MR) is 74.9 cm³/mol. The van der Waals surface area contributed by atoms with Crippen molar-refractivity contribution in [3.05, 3.63) is 40.3 Å². The lowest BCUT2D eigenvalue weighted by atomic mass is 10.4. The van der Waals surface area contributed by atoms with Gasteiger partial charge < -0.3 is 9.32 Å². The number of furan rings is 1. The molecule has 0 bridgehead atoms. The minimum atomic E-state index is -3.47. The number of nitrogens with zero attached hydrogens (tertiary/aromatic N) is 2. The summed E-state index contributed by atoms with van der Waals surface area (Å²) in [6, 6.07) is 4.55. The second-order valence-electron chi connectivity index (χ2n) is 4.22. The molecular weight excluding hydrogens is 304 g/mol. The first-order valence-corrected chi connectivity index (χ1v) is 8.21. The van der Waals surface area contributed by atoms with Crippen molar-refractivity contribution in [2.45, 2.75) is 10.8 Å². The van der Waals surface area contributed by atoms with Crippen LogP contribution in [0.2, 0.25) is 0 Å². The van der Waals surface area contributed by atoms with E-state index in [9.17, 15) is 18.5 Å².